The van der Waals surface area contributed by atoms with E-state index >= 15 is 0 Å². The van der Waals surface area contributed by atoms with Crippen LogP contribution >= 0.6 is 0 Å². The normalized spacial score (nSPS) is 21.5. The summed E-state index contributed by atoms with van der Waals surface area (Å²) in [5.74, 6) is -1.48. The monoisotopic (exact) mass is 392 g/mol. The summed E-state index contributed by atoms with van der Waals surface area (Å²) in [5, 5.41) is 14.7. The molecule has 0 radical (unpaired) electrons. The van der Waals surface area contributed by atoms with Gasteiger partial charge in [-0.2, -0.15) is 0 Å². The van der Waals surface area contributed by atoms with Crippen LogP contribution in [0, 0.1) is 11.3 Å². The number of carbonyl (C=O) groups excluding carboxylic acids is 2. The van der Waals surface area contributed by atoms with Gasteiger partial charge in [-0.15, -0.1) is 0 Å². The number of carbonyl (C=O) groups is 2. The average molecular weight is 392 g/mol. The molecule has 0 bridgehead atoms. The Hall–Kier alpha value is -3.12. The van der Waals surface area contributed by atoms with Gasteiger partial charge in [-0.3, -0.25) is 9.59 Å². The molecule has 1 aliphatic carbocycles. The molecule has 3 aromatic rings. The number of hydrogen-bond acceptors (Lipinski definition) is 4. The van der Waals surface area contributed by atoms with Crippen LogP contribution in [0.1, 0.15) is 23.7 Å². The van der Waals surface area contributed by atoms with Crippen LogP contribution in [0.3, 0.4) is 0 Å². The Balaban J connectivity index is 1.44. The number of nitrogens with one attached hydrogen (secondary N) is 2. The van der Waals surface area contributed by atoms with Gasteiger partial charge < -0.3 is 20.1 Å². The molecule has 3 unspecified atom stereocenters. The largest absolute Gasteiger partial charge is 0.468 e. The third-order valence-corrected chi connectivity index (χ3v) is 5.85. The molecule has 0 saturated heterocycles. The molecule has 2 aromatic carbocycles. The molecule has 3 N–H and O–H groups in total. The van der Waals surface area contributed by atoms with Crippen molar-refractivity contribution < 1.29 is 19.4 Å². The maximum absolute atomic E-state index is 12.9. The van der Waals surface area contributed by atoms with Gasteiger partial charge in [0.2, 0.25) is 5.91 Å². The number of ether oxygens (including phenoxy) is 1. The predicted molar refractivity (Wildman–Crippen MR) is 109 cm³/mol. The minimum Gasteiger partial charge on any atom is -0.468 e. The van der Waals surface area contributed by atoms with Crippen LogP contribution in [0.4, 0.5) is 0 Å². The fraction of sp³-hybridized carbons (Fsp3) is 0.304. The highest BCUT2D eigenvalue weighted by Gasteiger charge is 2.69. The summed E-state index contributed by atoms with van der Waals surface area (Å²) in [4.78, 5) is 28.6. The number of aliphatic hydroxyl groups is 1. The minimum absolute atomic E-state index is 0.272. The van der Waals surface area contributed by atoms with E-state index in [2.05, 4.69) is 10.3 Å². The number of aliphatic hydroxyl groups excluding tert-OH is 1. The van der Waals surface area contributed by atoms with Crippen molar-refractivity contribution in [3.63, 3.8) is 0 Å². The Morgan fingerprint density at radius 2 is 1.93 bits per heavy atom. The zero-order valence-electron chi connectivity index (χ0n) is 16.2. The number of aromatic nitrogens is 1. The Morgan fingerprint density at radius 3 is 2.69 bits per heavy atom. The molecule has 0 spiro atoms. The summed E-state index contributed by atoms with van der Waals surface area (Å²) in [6, 6.07) is 17.1. The summed E-state index contributed by atoms with van der Waals surface area (Å²) in [6.45, 7) is 0.396. The number of amides is 1. The van der Waals surface area contributed by atoms with E-state index in [9.17, 15) is 14.7 Å². The maximum atomic E-state index is 12.9. The molecular formula is C23H24N2O4. The second-order valence-electron chi connectivity index (χ2n) is 7.49. The average Bonchev–Trinajstić information content (AvgIpc) is 3.41. The van der Waals surface area contributed by atoms with Gasteiger partial charge in [0, 0.05) is 29.6 Å². The quantitative estimate of drug-likeness (QED) is 0.426. The Labute approximate surface area is 168 Å². The van der Waals surface area contributed by atoms with Crippen molar-refractivity contribution in [2.75, 3.05) is 13.7 Å². The molecule has 29 heavy (non-hydrogen) atoms. The van der Waals surface area contributed by atoms with Gasteiger partial charge in [0.15, 0.2) is 5.41 Å². The van der Waals surface area contributed by atoms with Gasteiger partial charge in [0.05, 0.1) is 13.2 Å². The first-order valence-electron chi connectivity index (χ1n) is 9.72. The zero-order valence-corrected chi connectivity index (χ0v) is 16.2. The van der Waals surface area contributed by atoms with Crippen molar-refractivity contribution in [3.8, 4) is 0 Å². The SMILES string of the molecule is COC(=O)C1(C(=O)NCCc2c[nH]c3ccccc23)CC1C(O)c1ccccc1. The topological polar surface area (TPSA) is 91.4 Å². The molecule has 1 heterocycles. The van der Waals surface area contributed by atoms with Crippen molar-refractivity contribution in [1.82, 2.24) is 10.3 Å². The van der Waals surface area contributed by atoms with E-state index in [0.29, 0.717) is 18.5 Å². The lowest BCUT2D eigenvalue weighted by Crippen LogP contribution is -2.40. The summed E-state index contributed by atoms with van der Waals surface area (Å²) < 4.78 is 4.91. The highest BCUT2D eigenvalue weighted by molar-refractivity contribution is 6.06. The number of fused-ring (bicyclic) bond motifs is 1. The summed E-state index contributed by atoms with van der Waals surface area (Å²) in [5.41, 5.74) is 1.51. The number of methoxy groups -OCH3 is 1. The van der Waals surface area contributed by atoms with Crippen LogP contribution < -0.4 is 5.32 Å². The molecule has 0 aliphatic heterocycles. The molecule has 1 aliphatic rings. The molecule has 1 amide bonds. The van der Waals surface area contributed by atoms with Crippen LogP contribution in [0.2, 0.25) is 0 Å². The second kappa shape index (κ2) is 7.72. The lowest BCUT2D eigenvalue weighted by Gasteiger charge is -2.18. The van der Waals surface area contributed by atoms with Crippen molar-refractivity contribution >= 4 is 22.8 Å². The first kappa shape index (κ1) is 19.2. The molecule has 1 aromatic heterocycles. The van der Waals surface area contributed by atoms with E-state index in [-0.39, 0.29) is 12.3 Å². The number of benzene rings is 2. The highest BCUT2D eigenvalue weighted by Crippen LogP contribution is 2.59. The third kappa shape index (κ3) is 3.40. The third-order valence-electron chi connectivity index (χ3n) is 5.85. The molecular weight excluding hydrogens is 368 g/mol. The summed E-state index contributed by atoms with van der Waals surface area (Å²) >= 11 is 0. The van der Waals surface area contributed by atoms with Gasteiger partial charge in [-0.25, -0.2) is 0 Å². The van der Waals surface area contributed by atoms with E-state index < -0.39 is 23.4 Å². The summed E-state index contributed by atoms with van der Waals surface area (Å²) in [6.07, 6.45) is 1.95. The lowest BCUT2D eigenvalue weighted by atomic mass is 9.95. The predicted octanol–water partition coefficient (Wildman–Crippen LogP) is 2.74. The Kier molecular flexibility index (Phi) is 5.11. The molecule has 6 nitrogen and oxygen atoms in total. The smallest absolute Gasteiger partial charge is 0.321 e. The number of esters is 1. The molecule has 6 heteroatoms. The Morgan fingerprint density at radius 1 is 1.21 bits per heavy atom. The van der Waals surface area contributed by atoms with Gasteiger partial charge in [-0.1, -0.05) is 48.5 Å². The Bertz CT molecular complexity index is 1030. The molecule has 4 rings (SSSR count). The highest BCUT2D eigenvalue weighted by atomic mass is 16.5. The number of H-pyrrole nitrogens is 1. The standard InChI is InChI=1S/C23H24N2O4/c1-29-22(28)23(13-18(23)20(26)15-7-3-2-4-8-15)21(27)24-12-11-16-14-25-19-10-6-5-9-17(16)19/h2-10,14,18,20,25-26H,11-13H2,1H3,(H,24,27). The fourth-order valence-corrected chi connectivity index (χ4v) is 4.13. The molecule has 150 valence electrons. The van der Waals surface area contributed by atoms with Gasteiger partial charge in [0.1, 0.15) is 0 Å². The van der Waals surface area contributed by atoms with Crippen molar-refractivity contribution in [2.45, 2.75) is 18.9 Å². The number of hydrogen-bond donors (Lipinski definition) is 3. The van der Waals surface area contributed by atoms with Crippen LogP contribution in [0.5, 0.6) is 0 Å². The molecule has 3 atom stereocenters. The summed E-state index contributed by atoms with van der Waals surface area (Å²) in [7, 11) is 1.27. The molecule has 1 saturated carbocycles. The number of rotatable bonds is 7. The minimum atomic E-state index is -1.33. The lowest BCUT2D eigenvalue weighted by molar-refractivity contribution is -0.153. The first-order chi connectivity index (χ1) is 14.1. The van der Waals surface area contributed by atoms with Crippen molar-refractivity contribution in [2.24, 2.45) is 11.3 Å². The van der Waals surface area contributed by atoms with Crippen LogP contribution in [-0.4, -0.2) is 35.6 Å². The van der Waals surface area contributed by atoms with E-state index in [1.807, 2.05) is 48.7 Å². The van der Waals surface area contributed by atoms with Gasteiger partial charge >= 0.3 is 5.97 Å². The van der Waals surface area contributed by atoms with Crippen LogP contribution in [0.15, 0.2) is 60.8 Å². The second-order valence-corrected chi connectivity index (χ2v) is 7.49. The molecule has 1 fully saturated rings. The van der Waals surface area contributed by atoms with Gasteiger partial charge in [-0.05, 0) is 30.0 Å². The van der Waals surface area contributed by atoms with E-state index in [1.165, 1.54) is 7.11 Å². The van der Waals surface area contributed by atoms with E-state index in [0.717, 1.165) is 16.5 Å². The number of para-hydroxylation sites is 1. The van der Waals surface area contributed by atoms with Crippen molar-refractivity contribution in [1.29, 1.82) is 0 Å². The fourth-order valence-electron chi connectivity index (χ4n) is 4.13. The zero-order chi connectivity index (χ0) is 20.4. The first-order valence-corrected chi connectivity index (χ1v) is 9.72. The number of aromatic amines is 1. The van der Waals surface area contributed by atoms with Crippen LogP contribution in [0.25, 0.3) is 10.9 Å². The maximum Gasteiger partial charge on any atom is 0.321 e. The van der Waals surface area contributed by atoms with E-state index in [4.69, 9.17) is 4.74 Å². The van der Waals surface area contributed by atoms with Gasteiger partial charge in [0.25, 0.3) is 0 Å². The van der Waals surface area contributed by atoms with Crippen LogP contribution in [-0.2, 0) is 20.7 Å². The van der Waals surface area contributed by atoms with Crippen molar-refractivity contribution in [3.05, 3.63) is 71.9 Å². The van der Waals surface area contributed by atoms with E-state index in [1.54, 1.807) is 12.1 Å².